The van der Waals surface area contributed by atoms with Gasteiger partial charge < -0.3 is 15.4 Å². The predicted octanol–water partition coefficient (Wildman–Crippen LogP) is 3.08. The lowest BCUT2D eigenvalue weighted by Crippen LogP contribution is -2.41. The van der Waals surface area contributed by atoms with Crippen molar-refractivity contribution in [1.82, 2.24) is 20.4 Å². The molecule has 2 N–H and O–H groups in total. The molecule has 6 heteroatoms. The molecule has 25 heavy (non-hydrogen) atoms. The number of benzene rings is 1. The number of nitrogens with one attached hydrogen (secondary N) is 2. The Morgan fingerprint density at radius 2 is 2.08 bits per heavy atom. The largest absolute Gasteiger partial charge is 0.481 e. The Hall–Kier alpha value is -2.50. The van der Waals surface area contributed by atoms with Crippen LogP contribution in [-0.4, -0.2) is 22.9 Å². The third-order valence-corrected chi connectivity index (χ3v) is 4.97. The van der Waals surface area contributed by atoms with Crippen LogP contribution in [0.4, 0.5) is 4.79 Å². The number of aryl methyl sites for hydroxylation is 2. The summed E-state index contributed by atoms with van der Waals surface area (Å²) in [4.78, 5) is 12.5. The first-order valence-corrected chi connectivity index (χ1v) is 8.76. The average Bonchev–Trinajstić information content (AvgIpc) is 2.84. The van der Waals surface area contributed by atoms with Gasteiger partial charge >= 0.3 is 6.03 Å². The minimum Gasteiger partial charge on any atom is -0.481 e. The molecular weight excluding hydrogens is 316 g/mol. The van der Waals surface area contributed by atoms with Gasteiger partial charge in [-0.25, -0.2) is 9.48 Å². The van der Waals surface area contributed by atoms with Crippen LogP contribution in [0.25, 0.3) is 0 Å². The highest BCUT2D eigenvalue weighted by Gasteiger charge is 2.29. The number of hydrogen-bond acceptors (Lipinski definition) is 3. The fraction of sp³-hybridized carbons (Fsp3) is 0.474. The van der Waals surface area contributed by atoms with E-state index in [1.807, 2.05) is 32.2 Å². The Morgan fingerprint density at radius 1 is 1.36 bits per heavy atom. The van der Waals surface area contributed by atoms with Crippen molar-refractivity contribution in [3.63, 3.8) is 0 Å². The molecular formula is C19H26N4O2. The number of carbonyl (C=O) groups is 1. The van der Waals surface area contributed by atoms with E-state index in [4.69, 9.17) is 4.74 Å². The van der Waals surface area contributed by atoms with E-state index in [2.05, 4.69) is 27.9 Å². The monoisotopic (exact) mass is 342 g/mol. The van der Waals surface area contributed by atoms with Gasteiger partial charge in [0, 0.05) is 7.05 Å². The molecule has 0 radical (unpaired) electrons. The fourth-order valence-electron chi connectivity index (χ4n) is 3.41. The van der Waals surface area contributed by atoms with Crippen LogP contribution in [-0.2, 0) is 13.6 Å². The Morgan fingerprint density at radius 3 is 2.68 bits per heavy atom. The fourth-order valence-corrected chi connectivity index (χ4v) is 3.41. The zero-order valence-corrected chi connectivity index (χ0v) is 15.1. The summed E-state index contributed by atoms with van der Waals surface area (Å²) in [6, 6.07) is 10.1. The summed E-state index contributed by atoms with van der Waals surface area (Å²) in [6.45, 7) is 2.30. The van der Waals surface area contributed by atoms with Gasteiger partial charge in [0.1, 0.15) is 0 Å². The molecule has 134 valence electrons. The second-order valence-electron chi connectivity index (χ2n) is 6.60. The van der Waals surface area contributed by atoms with Crippen LogP contribution in [0.5, 0.6) is 5.88 Å². The number of methoxy groups -OCH3 is 1. The smallest absolute Gasteiger partial charge is 0.315 e. The van der Waals surface area contributed by atoms with Gasteiger partial charge in [-0.1, -0.05) is 36.8 Å². The third kappa shape index (κ3) is 3.78. The summed E-state index contributed by atoms with van der Waals surface area (Å²) >= 11 is 0. The lowest BCUT2D eigenvalue weighted by molar-refractivity contribution is 0.207. The molecule has 1 aromatic carbocycles. The zero-order chi connectivity index (χ0) is 17.8. The minimum absolute atomic E-state index is 0.0619. The van der Waals surface area contributed by atoms with Gasteiger partial charge in [-0.2, -0.15) is 5.10 Å². The molecule has 1 aromatic heterocycles. The van der Waals surface area contributed by atoms with Crippen LogP contribution in [0, 0.1) is 12.8 Å². The van der Waals surface area contributed by atoms with Crippen molar-refractivity contribution in [2.45, 2.75) is 38.8 Å². The normalized spacial score (nSPS) is 15.3. The maximum Gasteiger partial charge on any atom is 0.315 e. The molecule has 1 fully saturated rings. The first-order chi connectivity index (χ1) is 12.1. The number of ether oxygens (including phenoxy) is 1. The molecule has 1 saturated carbocycles. The molecule has 0 unspecified atom stereocenters. The number of urea groups is 1. The second kappa shape index (κ2) is 7.59. The molecule has 2 amide bonds. The molecule has 0 bridgehead atoms. The van der Waals surface area contributed by atoms with Gasteiger partial charge in [0.15, 0.2) is 0 Å². The first kappa shape index (κ1) is 17.3. The van der Waals surface area contributed by atoms with E-state index in [1.165, 1.54) is 6.42 Å². The van der Waals surface area contributed by atoms with E-state index in [-0.39, 0.29) is 12.1 Å². The molecule has 0 spiro atoms. The van der Waals surface area contributed by atoms with Crippen LogP contribution in [0.1, 0.15) is 42.1 Å². The molecule has 1 atom stereocenters. The van der Waals surface area contributed by atoms with Gasteiger partial charge in [-0.3, -0.25) is 0 Å². The van der Waals surface area contributed by atoms with Crippen LogP contribution in [0.2, 0.25) is 0 Å². The van der Waals surface area contributed by atoms with Crippen LogP contribution >= 0.6 is 0 Å². The summed E-state index contributed by atoms with van der Waals surface area (Å²) in [5.74, 6) is 1.19. The maximum absolute atomic E-state index is 12.5. The highest BCUT2D eigenvalue weighted by molar-refractivity contribution is 5.74. The lowest BCUT2D eigenvalue weighted by atomic mass is 9.77. The van der Waals surface area contributed by atoms with Crippen molar-refractivity contribution < 1.29 is 9.53 Å². The minimum atomic E-state index is -0.161. The second-order valence-corrected chi connectivity index (χ2v) is 6.60. The van der Waals surface area contributed by atoms with E-state index in [0.29, 0.717) is 18.3 Å². The summed E-state index contributed by atoms with van der Waals surface area (Å²) in [5, 5.41) is 10.4. The predicted molar refractivity (Wildman–Crippen MR) is 96.4 cm³/mol. The van der Waals surface area contributed by atoms with E-state index >= 15 is 0 Å². The van der Waals surface area contributed by atoms with Crippen molar-refractivity contribution >= 4 is 6.03 Å². The van der Waals surface area contributed by atoms with Gasteiger partial charge in [0.05, 0.1) is 31.0 Å². The number of carbonyl (C=O) groups excluding carboxylic acids is 1. The van der Waals surface area contributed by atoms with Gasteiger partial charge in [0.2, 0.25) is 5.88 Å². The third-order valence-electron chi connectivity index (χ3n) is 4.97. The van der Waals surface area contributed by atoms with E-state index in [1.54, 1.807) is 11.8 Å². The van der Waals surface area contributed by atoms with Crippen molar-refractivity contribution in [2.24, 2.45) is 13.0 Å². The molecule has 1 aliphatic carbocycles. The average molecular weight is 342 g/mol. The molecule has 0 saturated heterocycles. The Labute approximate surface area is 148 Å². The molecule has 0 aliphatic heterocycles. The summed E-state index contributed by atoms with van der Waals surface area (Å²) in [5.41, 5.74) is 2.93. The highest BCUT2D eigenvalue weighted by atomic mass is 16.5. The van der Waals surface area contributed by atoms with Crippen molar-refractivity contribution in [1.29, 1.82) is 0 Å². The first-order valence-electron chi connectivity index (χ1n) is 8.76. The molecule has 1 aliphatic rings. The Kier molecular flexibility index (Phi) is 5.26. The SMILES string of the molecule is COc1c(CNC(=O)N[C@@H](c2ccccc2)C2CCC2)c(C)nn1C. The van der Waals surface area contributed by atoms with Crippen LogP contribution in [0.3, 0.4) is 0 Å². The van der Waals surface area contributed by atoms with Crippen molar-refractivity contribution in [2.75, 3.05) is 7.11 Å². The van der Waals surface area contributed by atoms with E-state index < -0.39 is 0 Å². The summed E-state index contributed by atoms with van der Waals surface area (Å²) in [7, 11) is 3.44. The summed E-state index contributed by atoms with van der Waals surface area (Å²) in [6.07, 6.45) is 3.56. The molecule has 1 heterocycles. The van der Waals surface area contributed by atoms with Crippen LogP contribution in [0.15, 0.2) is 30.3 Å². The topological polar surface area (TPSA) is 68.2 Å². The quantitative estimate of drug-likeness (QED) is 0.848. The van der Waals surface area contributed by atoms with E-state index in [0.717, 1.165) is 29.7 Å². The molecule has 6 nitrogen and oxygen atoms in total. The number of aromatic nitrogens is 2. The molecule has 3 rings (SSSR count). The Balaban J connectivity index is 1.64. The maximum atomic E-state index is 12.5. The lowest BCUT2D eigenvalue weighted by Gasteiger charge is -2.34. The van der Waals surface area contributed by atoms with Gasteiger partial charge in [0.25, 0.3) is 0 Å². The van der Waals surface area contributed by atoms with Gasteiger partial charge in [-0.05, 0) is 31.2 Å². The summed E-state index contributed by atoms with van der Waals surface area (Å²) < 4.78 is 7.06. The number of amides is 2. The zero-order valence-electron chi connectivity index (χ0n) is 15.1. The standard InChI is InChI=1S/C19H26N4O2/c1-13-16(18(25-3)23(2)22-13)12-20-19(24)21-17(15-10-7-11-15)14-8-5-4-6-9-14/h4-6,8-9,15,17H,7,10-12H2,1-3H3,(H2,20,21,24)/t17-/m0/s1. The van der Waals surface area contributed by atoms with Crippen molar-refractivity contribution in [3.8, 4) is 5.88 Å². The van der Waals surface area contributed by atoms with E-state index in [9.17, 15) is 4.79 Å². The Bertz CT molecular complexity index is 723. The van der Waals surface area contributed by atoms with Gasteiger partial charge in [-0.15, -0.1) is 0 Å². The highest BCUT2D eigenvalue weighted by Crippen LogP contribution is 2.37. The molecule has 2 aromatic rings. The number of nitrogens with zero attached hydrogens (tertiary/aromatic N) is 2. The van der Waals surface area contributed by atoms with Crippen molar-refractivity contribution in [3.05, 3.63) is 47.2 Å². The van der Waals surface area contributed by atoms with Crippen LogP contribution < -0.4 is 15.4 Å². The number of hydrogen-bond donors (Lipinski definition) is 2. The number of rotatable bonds is 6.